The number of sulfonamides is 1. The molecule has 126 valence electrons. The average Bonchev–Trinajstić information content (AvgIpc) is 3.24. The van der Waals surface area contributed by atoms with Gasteiger partial charge in [-0.05, 0) is 46.5 Å². The third-order valence-electron chi connectivity index (χ3n) is 3.51. The first-order valence-electron chi connectivity index (χ1n) is 7.36. The standard InChI is InChI=1S/C16H16ClN3O2S2/c17-14-10-12(13-5-9-23-11-13)3-4-15(14)24(21,22)20-6-1-2-16-18-7-8-19-16/h3-5,7-11,20H,1-2,6H2,(H,18,19). The van der Waals surface area contributed by atoms with E-state index in [4.69, 9.17) is 11.6 Å². The molecule has 0 atom stereocenters. The minimum atomic E-state index is -3.63. The molecule has 0 saturated heterocycles. The fraction of sp³-hybridized carbons (Fsp3) is 0.188. The Morgan fingerprint density at radius 2 is 2.12 bits per heavy atom. The molecule has 1 aromatic carbocycles. The molecule has 0 aliphatic rings. The normalized spacial score (nSPS) is 11.7. The van der Waals surface area contributed by atoms with Gasteiger partial charge in [0.25, 0.3) is 0 Å². The highest BCUT2D eigenvalue weighted by Gasteiger charge is 2.18. The van der Waals surface area contributed by atoms with Crippen LogP contribution in [0.25, 0.3) is 11.1 Å². The molecule has 8 heteroatoms. The Kier molecular flexibility index (Phi) is 5.35. The van der Waals surface area contributed by atoms with Crippen LogP contribution < -0.4 is 4.72 Å². The second-order valence-corrected chi connectivity index (χ2v) is 8.12. The quantitative estimate of drug-likeness (QED) is 0.613. The summed E-state index contributed by atoms with van der Waals surface area (Å²) >= 11 is 7.78. The molecule has 0 aliphatic heterocycles. The van der Waals surface area contributed by atoms with E-state index in [9.17, 15) is 8.42 Å². The minimum Gasteiger partial charge on any atom is -0.349 e. The number of aryl methyl sites for hydroxylation is 1. The van der Waals surface area contributed by atoms with Gasteiger partial charge in [0.1, 0.15) is 10.7 Å². The topological polar surface area (TPSA) is 74.8 Å². The van der Waals surface area contributed by atoms with Crippen molar-refractivity contribution in [1.29, 1.82) is 0 Å². The number of imidazole rings is 1. The van der Waals surface area contributed by atoms with Gasteiger partial charge >= 0.3 is 0 Å². The fourth-order valence-electron chi connectivity index (χ4n) is 2.30. The predicted molar refractivity (Wildman–Crippen MR) is 96.9 cm³/mol. The van der Waals surface area contributed by atoms with Gasteiger partial charge in [-0.3, -0.25) is 0 Å². The Labute approximate surface area is 149 Å². The molecule has 0 radical (unpaired) electrons. The number of hydrogen-bond acceptors (Lipinski definition) is 4. The van der Waals surface area contributed by atoms with Gasteiger partial charge in [-0.25, -0.2) is 18.1 Å². The summed E-state index contributed by atoms with van der Waals surface area (Å²) in [4.78, 5) is 7.19. The Morgan fingerprint density at radius 1 is 1.25 bits per heavy atom. The second kappa shape index (κ2) is 7.48. The van der Waals surface area contributed by atoms with Crippen LogP contribution in [0.15, 0.2) is 52.3 Å². The molecule has 0 spiro atoms. The summed E-state index contributed by atoms with van der Waals surface area (Å²) < 4.78 is 27.4. The number of nitrogens with one attached hydrogen (secondary N) is 2. The van der Waals surface area contributed by atoms with Crippen molar-refractivity contribution in [1.82, 2.24) is 14.7 Å². The summed E-state index contributed by atoms with van der Waals surface area (Å²) in [5.74, 6) is 0.840. The van der Waals surface area contributed by atoms with E-state index in [-0.39, 0.29) is 9.92 Å². The van der Waals surface area contributed by atoms with E-state index in [1.807, 2.05) is 16.8 Å². The molecule has 0 fully saturated rings. The van der Waals surface area contributed by atoms with Gasteiger partial charge in [-0.15, -0.1) is 0 Å². The molecule has 3 aromatic rings. The average molecular weight is 382 g/mol. The van der Waals surface area contributed by atoms with Crippen molar-refractivity contribution in [2.75, 3.05) is 6.54 Å². The van der Waals surface area contributed by atoms with Gasteiger partial charge in [0, 0.05) is 25.4 Å². The van der Waals surface area contributed by atoms with Gasteiger partial charge < -0.3 is 4.98 Å². The Bertz CT molecular complexity index is 892. The van der Waals surface area contributed by atoms with Crippen LogP contribution >= 0.6 is 22.9 Å². The number of halogens is 1. The smallest absolute Gasteiger partial charge is 0.242 e. The molecule has 5 nitrogen and oxygen atoms in total. The van der Waals surface area contributed by atoms with Gasteiger partial charge in [-0.2, -0.15) is 11.3 Å². The number of nitrogens with zero attached hydrogens (tertiary/aromatic N) is 1. The maximum absolute atomic E-state index is 12.4. The Balaban J connectivity index is 1.65. The van der Waals surface area contributed by atoms with Crippen molar-refractivity contribution in [3.05, 3.63) is 58.3 Å². The highest BCUT2D eigenvalue weighted by Crippen LogP contribution is 2.29. The molecule has 0 unspecified atom stereocenters. The molecule has 0 amide bonds. The van der Waals surface area contributed by atoms with Gasteiger partial charge in [-0.1, -0.05) is 17.7 Å². The summed E-state index contributed by atoms with van der Waals surface area (Å²) in [5, 5.41) is 4.18. The fourth-order valence-corrected chi connectivity index (χ4v) is 4.58. The van der Waals surface area contributed by atoms with Crippen molar-refractivity contribution in [2.24, 2.45) is 0 Å². The number of aromatic amines is 1. The Morgan fingerprint density at radius 3 is 2.79 bits per heavy atom. The van der Waals surface area contributed by atoms with E-state index in [1.54, 1.807) is 41.9 Å². The molecule has 3 rings (SSSR count). The highest BCUT2D eigenvalue weighted by atomic mass is 35.5. The molecular formula is C16H16ClN3O2S2. The van der Waals surface area contributed by atoms with E-state index < -0.39 is 10.0 Å². The van der Waals surface area contributed by atoms with Crippen LogP contribution in [0.5, 0.6) is 0 Å². The lowest BCUT2D eigenvalue weighted by molar-refractivity contribution is 0.578. The molecule has 24 heavy (non-hydrogen) atoms. The van der Waals surface area contributed by atoms with E-state index in [0.29, 0.717) is 19.4 Å². The van der Waals surface area contributed by atoms with Gasteiger partial charge in [0.2, 0.25) is 10.0 Å². The molecule has 0 aliphatic carbocycles. The van der Waals surface area contributed by atoms with Crippen LogP contribution in [-0.2, 0) is 16.4 Å². The van der Waals surface area contributed by atoms with Gasteiger partial charge in [0.15, 0.2) is 0 Å². The summed E-state index contributed by atoms with van der Waals surface area (Å²) in [6.07, 6.45) is 4.75. The van der Waals surface area contributed by atoms with Gasteiger partial charge in [0.05, 0.1) is 5.02 Å². The number of aromatic nitrogens is 2. The van der Waals surface area contributed by atoms with Crippen LogP contribution in [0.3, 0.4) is 0 Å². The lowest BCUT2D eigenvalue weighted by Gasteiger charge is -2.09. The number of benzene rings is 1. The van der Waals surface area contributed by atoms with Crippen molar-refractivity contribution in [2.45, 2.75) is 17.7 Å². The zero-order chi connectivity index (χ0) is 17.0. The van der Waals surface area contributed by atoms with E-state index in [2.05, 4.69) is 14.7 Å². The van der Waals surface area contributed by atoms with Crippen LogP contribution in [0.2, 0.25) is 5.02 Å². The van der Waals surface area contributed by atoms with E-state index in [1.165, 1.54) is 0 Å². The molecule has 0 bridgehead atoms. The third kappa shape index (κ3) is 4.05. The third-order valence-corrected chi connectivity index (χ3v) is 6.14. The second-order valence-electron chi connectivity index (χ2n) is 5.19. The highest BCUT2D eigenvalue weighted by molar-refractivity contribution is 7.89. The monoisotopic (exact) mass is 381 g/mol. The van der Waals surface area contributed by atoms with Crippen LogP contribution in [0.1, 0.15) is 12.2 Å². The minimum absolute atomic E-state index is 0.0983. The van der Waals surface area contributed by atoms with Crippen LogP contribution in [0, 0.1) is 0 Å². The van der Waals surface area contributed by atoms with Crippen LogP contribution in [-0.4, -0.2) is 24.9 Å². The van der Waals surface area contributed by atoms with E-state index >= 15 is 0 Å². The SMILES string of the molecule is O=S(=O)(NCCCc1ncc[nH]1)c1ccc(-c2ccsc2)cc1Cl. The molecule has 2 aromatic heterocycles. The van der Waals surface area contributed by atoms with Crippen molar-refractivity contribution in [3.63, 3.8) is 0 Å². The summed E-state index contributed by atoms with van der Waals surface area (Å²) in [6.45, 7) is 0.325. The molecule has 2 N–H and O–H groups in total. The van der Waals surface area contributed by atoms with Crippen molar-refractivity contribution >= 4 is 33.0 Å². The first-order chi connectivity index (χ1) is 11.6. The first-order valence-corrected chi connectivity index (χ1v) is 10.2. The van der Waals surface area contributed by atoms with Crippen molar-refractivity contribution in [3.8, 4) is 11.1 Å². The number of H-pyrrole nitrogens is 1. The number of hydrogen-bond donors (Lipinski definition) is 2. The van der Waals surface area contributed by atoms with Crippen molar-refractivity contribution < 1.29 is 8.42 Å². The maximum atomic E-state index is 12.4. The zero-order valence-corrected chi connectivity index (χ0v) is 15.1. The lowest BCUT2D eigenvalue weighted by Crippen LogP contribution is -2.25. The van der Waals surface area contributed by atoms with E-state index in [0.717, 1.165) is 17.0 Å². The summed E-state index contributed by atoms with van der Waals surface area (Å²) in [6, 6.07) is 6.97. The zero-order valence-electron chi connectivity index (χ0n) is 12.7. The molecular weight excluding hydrogens is 366 g/mol. The predicted octanol–water partition coefficient (Wildman–Crippen LogP) is 3.70. The molecule has 0 saturated carbocycles. The first kappa shape index (κ1) is 17.2. The maximum Gasteiger partial charge on any atom is 0.242 e. The largest absolute Gasteiger partial charge is 0.349 e. The summed E-state index contributed by atoms with van der Waals surface area (Å²) in [7, 11) is -3.63. The number of thiophene rings is 1. The molecule has 2 heterocycles. The Hall–Kier alpha value is -1.67. The number of rotatable bonds is 7. The van der Waals surface area contributed by atoms with Crippen LogP contribution in [0.4, 0.5) is 0 Å². The summed E-state index contributed by atoms with van der Waals surface area (Å²) in [5.41, 5.74) is 1.93. The lowest BCUT2D eigenvalue weighted by atomic mass is 10.1.